The normalized spacial score (nSPS) is 16.5. The van der Waals surface area contributed by atoms with Crippen molar-refractivity contribution in [3.63, 3.8) is 0 Å². The largest absolute Gasteiger partial charge is 0.334 e. The Bertz CT molecular complexity index is 1120. The first-order chi connectivity index (χ1) is 12.5. The Balaban J connectivity index is 1.62. The molecule has 132 valence electrons. The molecule has 1 amide bonds. The van der Waals surface area contributed by atoms with Gasteiger partial charge in [0.15, 0.2) is 0 Å². The monoisotopic (exact) mass is 353 g/mol. The molecule has 3 aromatic rings. The molecule has 1 atom stereocenters. The van der Waals surface area contributed by atoms with Crippen LogP contribution < -0.4 is 11.2 Å². The third-order valence-electron chi connectivity index (χ3n) is 4.76. The standard InChI is InChI=1S/C19H16FN3O3/c20-13-5-3-4-12(10-13)16-8-9-22(16)17(24)11-23-18(25)14-6-1-2-7-15(14)21-19(23)26/h1-7,10,16H,8-9,11H2,(H,21,26). The average molecular weight is 353 g/mol. The number of aromatic amines is 1. The third-order valence-corrected chi connectivity index (χ3v) is 4.76. The molecule has 1 aromatic heterocycles. The van der Waals surface area contributed by atoms with Gasteiger partial charge in [0.25, 0.3) is 5.56 Å². The second kappa shape index (κ2) is 6.25. The highest BCUT2D eigenvalue weighted by Crippen LogP contribution is 2.33. The van der Waals surface area contributed by atoms with E-state index in [-0.39, 0.29) is 24.3 Å². The van der Waals surface area contributed by atoms with Crippen LogP contribution in [0, 0.1) is 5.82 Å². The summed E-state index contributed by atoms with van der Waals surface area (Å²) < 4.78 is 14.3. The lowest BCUT2D eigenvalue weighted by Crippen LogP contribution is -2.49. The SMILES string of the molecule is O=C(Cn1c(=O)[nH]c2ccccc2c1=O)N1CCC1c1cccc(F)c1. The molecule has 0 saturated carbocycles. The first kappa shape index (κ1) is 16.3. The molecular formula is C19H16FN3O3. The Hall–Kier alpha value is -3.22. The molecule has 1 unspecified atom stereocenters. The maximum absolute atomic E-state index is 13.4. The molecule has 0 spiro atoms. The summed E-state index contributed by atoms with van der Waals surface area (Å²) in [5.74, 6) is -0.697. The fourth-order valence-electron chi connectivity index (χ4n) is 3.31. The van der Waals surface area contributed by atoms with Gasteiger partial charge in [-0.15, -0.1) is 0 Å². The van der Waals surface area contributed by atoms with Crippen LogP contribution in [0.5, 0.6) is 0 Å². The molecule has 0 radical (unpaired) electrons. The van der Waals surface area contributed by atoms with Gasteiger partial charge >= 0.3 is 5.69 Å². The predicted molar refractivity (Wildman–Crippen MR) is 94.3 cm³/mol. The van der Waals surface area contributed by atoms with E-state index in [4.69, 9.17) is 0 Å². The minimum Gasteiger partial charge on any atom is -0.334 e. The molecule has 1 aliphatic rings. The molecular weight excluding hydrogens is 337 g/mol. The van der Waals surface area contributed by atoms with Crippen LogP contribution in [-0.2, 0) is 11.3 Å². The number of benzene rings is 2. The van der Waals surface area contributed by atoms with Crippen LogP contribution in [0.1, 0.15) is 18.0 Å². The van der Waals surface area contributed by atoms with E-state index in [9.17, 15) is 18.8 Å². The number of amides is 1. The molecule has 1 fully saturated rings. The smallest absolute Gasteiger partial charge is 0.329 e. The van der Waals surface area contributed by atoms with Crippen LogP contribution in [0.2, 0.25) is 0 Å². The van der Waals surface area contributed by atoms with E-state index in [1.807, 2.05) is 0 Å². The number of likely N-dealkylation sites (tertiary alicyclic amines) is 1. The highest BCUT2D eigenvalue weighted by atomic mass is 19.1. The third kappa shape index (κ3) is 2.71. The number of carbonyl (C=O) groups excluding carboxylic acids is 1. The molecule has 1 saturated heterocycles. The van der Waals surface area contributed by atoms with E-state index in [1.54, 1.807) is 41.3 Å². The quantitative estimate of drug-likeness (QED) is 0.780. The summed E-state index contributed by atoms with van der Waals surface area (Å²) in [5, 5.41) is 0.352. The molecule has 1 N–H and O–H groups in total. The predicted octanol–water partition coefficient (Wildman–Crippen LogP) is 1.80. The fourth-order valence-corrected chi connectivity index (χ4v) is 3.31. The van der Waals surface area contributed by atoms with Crippen LogP contribution in [-0.4, -0.2) is 26.9 Å². The van der Waals surface area contributed by atoms with Gasteiger partial charge in [-0.1, -0.05) is 24.3 Å². The highest BCUT2D eigenvalue weighted by Gasteiger charge is 2.33. The van der Waals surface area contributed by atoms with Crippen molar-refractivity contribution in [1.82, 2.24) is 14.5 Å². The summed E-state index contributed by atoms with van der Waals surface area (Å²) in [6.07, 6.45) is 0.720. The number of hydrogen-bond acceptors (Lipinski definition) is 3. The lowest BCUT2D eigenvalue weighted by molar-refractivity contribution is -0.140. The zero-order valence-corrected chi connectivity index (χ0v) is 13.8. The lowest BCUT2D eigenvalue weighted by Gasteiger charge is -2.41. The Morgan fingerprint density at radius 2 is 1.96 bits per heavy atom. The van der Waals surface area contributed by atoms with Crippen molar-refractivity contribution in [3.05, 3.63) is 80.7 Å². The number of rotatable bonds is 3. The molecule has 6 nitrogen and oxygen atoms in total. The van der Waals surface area contributed by atoms with E-state index < -0.39 is 11.2 Å². The maximum Gasteiger partial charge on any atom is 0.329 e. The first-order valence-electron chi connectivity index (χ1n) is 8.31. The number of hydrogen-bond donors (Lipinski definition) is 1. The molecule has 0 aliphatic carbocycles. The minimum atomic E-state index is -0.620. The van der Waals surface area contributed by atoms with Crippen LogP contribution in [0.15, 0.2) is 58.1 Å². The molecule has 2 heterocycles. The number of nitrogens with one attached hydrogen (secondary N) is 1. The fraction of sp³-hybridized carbons (Fsp3) is 0.211. The van der Waals surface area contributed by atoms with Gasteiger partial charge in [-0.2, -0.15) is 0 Å². The van der Waals surface area contributed by atoms with Gasteiger partial charge in [-0.3, -0.25) is 14.2 Å². The Morgan fingerprint density at radius 3 is 2.69 bits per heavy atom. The van der Waals surface area contributed by atoms with Crippen LogP contribution in [0.4, 0.5) is 4.39 Å². The van der Waals surface area contributed by atoms with Crippen molar-refractivity contribution in [2.75, 3.05) is 6.54 Å². The zero-order chi connectivity index (χ0) is 18.3. The maximum atomic E-state index is 13.4. The van der Waals surface area contributed by atoms with Crippen molar-refractivity contribution in [2.45, 2.75) is 19.0 Å². The second-order valence-corrected chi connectivity index (χ2v) is 6.31. The zero-order valence-electron chi connectivity index (χ0n) is 13.8. The van der Waals surface area contributed by atoms with Crippen molar-refractivity contribution >= 4 is 16.8 Å². The lowest BCUT2D eigenvalue weighted by atomic mass is 9.94. The van der Waals surface area contributed by atoms with Crippen molar-refractivity contribution in [1.29, 1.82) is 0 Å². The van der Waals surface area contributed by atoms with Crippen molar-refractivity contribution < 1.29 is 9.18 Å². The van der Waals surface area contributed by atoms with Gasteiger partial charge in [0.1, 0.15) is 12.4 Å². The van der Waals surface area contributed by atoms with Gasteiger partial charge in [0, 0.05) is 6.54 Å². The van der Waals surface area contributed by atoms with Crippen molar-refractivity contribution in [3.8, 4) is 0 Å². The summed E-state index contributed by atoms with van der Waals surface area (Å²) in [4.78, 5) is 41.5. The molecule has 0 bridgehead atoms. The summed E-state index contributed by atoms with van der Waals surface area (Å²) >= 11 is 0. The number of nitrogens with zero attached hydrogens (tertiary/aromatic N) is 2. The van der Waals surface area contributed by atoms with E-state index in [1.165, 1.54) is 12.1 Å². The topological polar surface area (TPSA) is 75.2 Å². The number of carbonyl (C=O) groups is 1. The number of para-hydroxylation sites is 1. The Labute approximate surface area is 147 Å². The summed E-state index contributed by atoms with van der Waals surface area (Å²) in [6, 6.07) is 12.6. The molecule has 26 heavy (non-hydrogen) atoms. The van der Waals surface area contributed by atoms with Gasteiger partial charge in [-0.25, -0.2) is 9.18 Å². The van der Waals surface area contributed by atoms with Crippen LogP contribution >= 0.6 is 0 Å². The van der Waals surface area contributed by atoms with Gasteiger partial charge in [0.05, 0.1) is 16.9 Å². The number of aromatic nitrogens is 2. The molecule has 7 heteroatoms. The number of halogens is 1. The number of fused-ring (bicyclic) bond motifs is 1. The van der Waals surface area contributed by atoms with E-state index in [0.717, 1.165) is 11.0 Å². The summed E-state index contributed by atoms with van der Waals surface area (Å²) in [6.45, 7) is 0.172. The molecule has 4 rings (SSSR count). The van der Waals surface area contributed by atoms with Gasteiger partial charge in [-0.05, 0) is 36.2 Å². The van der Waals surface area contributed by atoms with Gasteiger partial charge in [0.2, 0.25) is 5.91 Å². The second-order valence-electron chi connectivity index (χ2n) is 6.31. The van der Waals surface area contributed by atoms with Crippen molar-refractivity contribution in [2.24, 2.45) is 0 Å². The highest BCUT2D eigenvalue weighted by molar-refractivity contribution is 5.79. The Morgan fingerprint density at radius 1 is 1.15 bits per heavy atom. The van der Waals surface area contributed by atoms with E-state index in [0.29, 0.717) is 23.0 Å². The van der Waals surface area contributed by atoms with Crippen LogP contribution in [0.25, 0.3) is 10.9 Å². The molecule has 1 aliphatic heterocycles. The molecule has 2 aromatic carbocycles. The summed E-state index contributed by atoms with van der Waals surface area (Å²) in [5.41, 5.74) is 0.0302. The summed E-state index contributed by atoms with van der Waals surface area (Å²) in [7, 11) is 0. The van der Waals surface area contributed by atoms with E-state index in [2.05, 4.69) is 4.98 Å². The van der Waals surface area contributed by atoms with E-state index >= 15 is 0 Å². The Kier molecular flexibility index (Phi) is 3.91. The van der Waals surface area contributed by atoms with Crippen LogP contribution in [0.3, 0.4) is 0 Å². The minimum absolute atomic E-state index is 0.228. The first-order valence-corrected chi connectivity index (χ1v) is 8.31. The average Bonchev–Trinajstić information content (AvgIpc) is 2.58. The number of H-pyrrole nitrogens is 1. The van der Waals surface area contributed by atoms with Gasteiger partial charge < -0.3 is 9.88 Å².